The van der Waals surface area contributed by atoms with Gasteiger partial charge >= 0.3 is 6.09 Å². The highest BCUT2D eigenvalue weighted by molar-refractivity contribution is 5.94. The van der Waals surface area contributed by atoms with Crippen LogP contribution in [0.1, 0.15) is 42.5 Å². The Kier molecular flexibility index (Phi) is 5.71. The number of amides is 2. The van der Waals surface area contributed by atoms with E-state index in [9.17, 15) is 9.59 Å². The van der Waals surface area contributed by atoms with Crippen molar-refractivity contribution in [3.05, 3.63) is 17.0 Å². The van der Waals surface area contributed by atoms with E-state index in [2.05, 4.69) is 15.1 Å². The van der Waals surface area contributed by atoms with Crippen molar-refractivity contribution in [2.24, 2.45) is 5.73 Å². The molecule has 2 aliphatic rings. The number of rotatable bonds is 3. The molecule has 2 amide bonds. The summed E-state index contributed by atoms with van der Waals surface area (Å²) in [5.74, 6) is -0.0778. The van der Waals surface area contributed by atoms with Crippen LogP contribution in [0.5, 0.6) is 0 Å². The van der Waals surface area contributed by atoms with Crippen LogP contribution in [0.3, 0.4) is 0 Å². The summed E-state index contributed by atoms with van der Waals surface area (Å²) in [6.07, 6.45) is 0.280. The van der Waals surface area contributed by atoms with E-state index >= 15 is 0 Å². The van der Waals surface area contributed by atoms with Gasteiger partial charge in [-0.2, -0.15) is 5.10 Å². The molecule has 9 heteroatoms. The number of hydrogen-bond acceptors (Lipinski definition) is 6. The summed E-state index contributed by atoms with van der Waals surface area (Å²) in [4.78, 5) is 31.1. The molecule has 3 rings (SSSR count). The fourth-order valence-corrected chi connectivity index (χ4v) is 3.46. The zero-order valence-electron chi connectivity index (χ0n) is 16.5. The van der Waals surface area contributed by atoms with Gasteiger partial charge in [-0.1, -0.05) is 0 Å². The van der Waals surface area contributed by atoms with E-state index < -0.39 is 5.60 Å². The number of nitrogens with two attached hydrogens (primary N) is 1. The first-order chi connectivity index (χ1) is 12.8. The third-order valence-corrected chi connectivity index (χ3v) is 4.89. The number of hydrogen-bond donors (Lipinski definition) is 2. The molecule has 0 saturated carbocycles. The predicted molar refractivity (Wildman–Crippen MR) is 100 cm³/mol. The second kappa shape index (κ2) is 7.85. The Hall–Kier alpha value is -2.13. The third-order valence-electron chi connectivity index (χ3n) is 4.89. The molecule has 1 fully saturated rings. The number of carbonyl (C=O) groups is 2. The van der Waals surface area contributed by atoms with E-state index in [1.807, 2.05) is 25.7 Å². The molecule has 0 spiro atoms. The second-order valence-electron chi connectivity index (χ2n) is 8.10. The van der Waals surface area contributed by atoms with Gasteiger partial charge in [-0.3, -0.25) is 14.8 Å². The van der Waals surface area contributed by atoms with Crippen LogP contribution >= 0.6 is 0 Å². The molecule has 27 heavy (non-hydrogen) atoms. The molecule has 1 aromatic heterocycles. The Labute approximate surface area is 159 Å². The van der Waals surface area contributed by atoms with Crippen LogP contribution in [0, 0.1) is 0 Å². The number of carbonyl (C=O) groups excluding carboxylic acids is 2. The van der Waals surface area contributed by atoms with Crippen LogP contribution < -0.4 is 5.73 Å². The highest BCUT2D eigenvalue weighted by Gasteiger charge is 2.32. The summed E-state index contributed by atoms with van der Waals surface area (Å²) < 4.78 is 5.47. The minimum atomic E-state index is -0.546. The Morgan fingerprint density at radius 2 is 1.85 bits per heavy atom. The van der Waals surface area contributed by atoms with E-state index in [0.717, 1.165) is 30.9 Å². The smallest absolute Gasteiger partial charge is 0.410 e. The number of aromatic nitrogens is 2. The molecule has 0 bridgehead atoms. The molecule has 3 heterocycles. The molecule has 0 aromatic carbocycles. The van der Waals surface area contributed by atoms with Crippen LogP contribution in [0.25, 0.3) is 0 Å². The fourth-order valence-electron chi connectivity index (χ4n) is 3.46. The lowest BCUT2D eigenvalue weighted by Crippen LogP contribution is -2.50. The van der Waals surface area contributed by atoms with Gasteiger partial charge in [-0.15, -0.1) is 0 Å². The summed E-state index contributed by atoms with van der Waals surface area (Å²) in [6, 6.07) is 0. The minimum Gasteiger partial charge on any atom is -0.444 e. The van der Waals surface area contributed by atoms with Gasteiger partial charge in [0.05, 0.1) is 6.54 Å². The van der Waals surface area contributed by atoms with Gasteiger partial charge < -0.3 is 20.3 Å². The average Bonchev–Trinajstić information content (AvgIpc) is 3.03. The summed E-state index contributed by atoms with van der Waals surface area (Å²) in [6.45, 7) is 10.9. The number of nitrogens with one attached hydrogen (secondary N) is 1. The van der Waals surface area contributed by atoms with Gasteiger partial charge in [-0.25, -0.2) is 4.79 Å². The molecule has 0 atom stereocenters. The molecule has 150 valence electrons. The van der Waals surface area contributed by atoms with Crippen molar-refractivity contribution in [1.29, 1.82) is 0 Å². The SMILES string of the molecule is CC(C)(C)OC(=O)N1CCc2[nH]nc(C(=O)N3CCN(CCN)CC3)c2C1. The van der Waals surface area contributed by atoms with Crippen LogP contribution in [-0.2, 0) is 17.7 Å². The van der Waals surface area contributed by atoms with Crippen molar-refractivity contribution in [2.75, 3.05) is 45.8 Å². The molecule has 9 nitrogen and oxygen atoms in total. The summed E-state index contributed by atoms with van der Waals surface area (Å²) >= 11 is 0. The lowest BCUT2D eigenvalue weighted by molar-refractivity contribution is 0.0221. The first-order valence-corrected chi connectivity index (χ1v) is 9.54. The zero-order chi connectivity index (χ0) is 19.6. The van der Waals surface area contributed by atoms with E-state index in [1.54, 1.807) is 4.90 Å². The van der Waals surface area contributed by atoms with Gasteiger partial charge in [-0.05, 0) is 20.8 Å². The van der Waals surface area contributed by atoms with Crippen LogP contribution in [0.15, 0.2) is 0 Å². The largest absolute Gasteiger partial charge is 0.444 e. The van der Waals surface area contributed by atoms with Crippen molar-refractivity contribution in [2.45, 2.75) is 39.3 Å². The second-order valence-corrected chi connectivity index (χ2v) is 8.10. The standard InChI is InChI=1S/C18H30N6O3/c1-18(2,3)27-17(26)24-6-4-14-13(12-24)15(21-20-14)16(25)23-10-8-22(7-5-19)9-11-23/h4-12,19H2,1-3H3,(H,20,21). The molecule has 0 unspecified atom stereocenters. The topological polar surface area (TPSA) is 108 Å². The minimum absolute atomic E-state index is 0.0778. The van der Waals surface area contributed by atoms with E-state index in [1.165, 1.54) is 0 Å². The normalized spacial score (nSPS) is 18.4. The van der Waals surface area contributed by atoms with Gasteiger partial charge in [0.2, 0.25) is 0 Å². The Morgan fingerprint density at radius 3 is 2.48 bits per heavy atom. The molecular weight excluding hydrogens is 348 g/mol. The van der Waals surface area contributed by atoms with Gasteiger partial charge in [0.25, 0.3) is 5.91 Å². The number of piperazine rings is 1. The monoisotopic (exact) mass is 378 g/mol. The first-order valence-electron chi connectivity index (χ1n) is 9.54. The van der Waals surface area contributed by atoms with Crippen LogP contribution in [0.4, 0.5) is 4.79 Å². The number of fused-ring (bicyclic) bond motifs is 1. The van der Waals surface area contributed by atoms with Crippen molar-refractivity contribution >= 4 is 12.0 Å². The summed E-state index contributed by atoms with van der Waals surface area (Å²) in [5.41, 5.74) is 7.22. The van der Waals surface area contributed by atoms with Gasteiger partial charge in [0.1, 0.15) is 5.60 Å². The van der Waals surface area contributed by atoms with Crippen molar-refractivity contribution in [1.82, 2.24) is 24.9 Å². The highest BCUT2D eigenvalue weighted by atomic mass is 16.6. The van der Waals surface area contributed by atoms with Gasteiger partial charge in [0.15, 0.2) is 5.69 Å². The van der Waals surface area contributed by atoms with Crippen molar-refractivity contribution < 1.29 is 14.3 Å². The maximum Gasteiger partial charge on any atom is 0.410 e. The van der Waals surface area contributed by atoms with Crippen LogP contribution in [0.2, 0.25) is 0 Å². The van der Waals surface area contributed by atoms with Crippen molar-refractivity contribution in [3.63, 3.8) is 0 Å². The van der Waals surface area contributed by atoms with E-state index in [4.69, 9.17) is 10.5 Å². The molecular formula is C18H30N6O3. The predicted octanol–water partition coefficient (Wildman–Crippen LogP) is 0.419. The molecule has 3 N–H and O–H groups in total. The molecule has 0 aliphatic carbocycles. The maximum absolute atomic E-state index is 13.0. The number of ether oxygens (including phenoxy) is 1. The van der Waals surface area contributed by atoms with Gasteiger partial charge in [0, 0.05) is 63.5 Å². The number of H-pyrrole nitrogens is 1. The van der Waals surface area contributed by atoms with E-state index in [0.29, 0.717) is 44.8 Å². The van der Waals surface area contributed by atoms with Crippen LogP contribution in [-0.4, -0.2) is 88.3 Å². The Balaban J connectivity index is 1.67. The molecule has 2 aliphatic heterocycles. The summed E-state index contributed by atoms with van der Waals surface area (Å²) in [7, 11) is 0. The fraction of sp³-hybridized carbons (Fsp3) is 0.722. The molecule has 1 aromatic rings. The Morgan fingerprint density at radius 1 is 1.15 bits per heavy atom. The average molecular weight is 378 g/mol. The maximum atomic E-state index is 13.0. The third kappa shape index (κ3) is 4.59. The van der Waals surface area contributed by atoms with E-state index in [-0.39, 0.29) is 12.0 Å². The Bertz CT molecular complexity index is 688. The molecule has 0 radical (unpaired) electrons. The summed E-state index contributed by atoms with van der Waals surface area (Å²) in [5, 5.41) is 7.25. The lowest BCUT2D eigenvalue weighted by Gasteiger charge is -2.34. The number of aromatic amines is 1. The van der Waals surface area contributed by atoms with Crippen molar-refractivity contribution in [3.8, 4) is 0 Å². The highest BCUT2D eigenvalue weighted by Crippen LogP contribution is 2.23. The zero-order valence-corrected chi connectivity index (χ0v) is 16.5. The molecule has 1 saturated heterocycles. The quantitative estimate of drug-likeness (QED) is 0.789. The first kappa shape index (κ1) is 19.6. The lowest BCUT2D eigenvalue weighted by atomic mass is 10.0. The number of nitrogens with zero attached hydrogens (tertiary/aromatic N) is 4.